The Bertz CT molecular complexity index is 408. The number of carbonyl (C=O) groups excluding carboxylic acids is 3. The number of rotatable bonds is 2. The van der Waals surface area contributed by atoms with Crippen LogP contribution in [0, 0.1) is 5.92 Å². The normalized spacial score (nSPS) is 20.6. The van der Waals surface area contributed by atoms with Gasteiger partial charge in [-0.3, -0.25) is 14.4 Å². The predicted molar refractivity (Wildman–Crippen MR) is 78.4 cm³/mol. The zero-order valence-corrected chi connectivity index (χ0v) is 13.0. The Hall–Kier alpha value is -1.59. The van der Waals surface area contributed by atoms with Crippen molar-refractivity contribution < 1.29 is 14.4 Å². The third kappa shape index (κ3) is 3.74. The molecule has 6 heteroatoms. The van der Waals surface area contributed by atoms with Crippen LogP contribution in [0.15, 0.2) is 0 Å². The van der Waals surface area contributed by atoms with Crippen LogP contribution in [-0.4, -0.2) is 71.7 Å². The minimum absolute atomic E-state index is 0.0361. The van der Waals surface area contributed by atoms with E-state index in [0.29, 0.717) is 45.7 Å². The number of carbonyl (C=O) groups is 3. The van der Waals surface area contributed by atoms with Gasteiger partial charge in [0.2, 0.25) is 17.7 Å². The average molecular weight is 295 g/mol. The summed E-state index contributed by atoms with van der Waals surface area (Å²) in [6, 6.07) is 0. The van der Waals surface area contributed by atoms with E-state index in [1.54, 1.807) is 6.92 Å². The van der Waals surface area contributed by atoms with Crippen molar-refractivity contribution in [1.82, 2.24) is 14.7 Å². The summed E-state index contributed by atoms with van der Waals surface area (Å²) in [5.74, 6) is 0.486. The molecule has 21 heavy (non-hydrogen) atoms. The van der Waals surface area contributed by atoms with Gasteiger partial charge in [-0.15, -0.1) is 0 Å². The molecule has 0 aromatic carbocycles. The molecule has 0 bridgehead atoms. The molecule has 2 heterocycles. The van der Waals surface area contributed by atoms with E-state index in [1.165, 1.54) is 0 Å². The fraction of sp³-hybridized carbons (Fsp3) is 0.800. The first-order valence-corrected chi connectivity index (χ1v) is 7.85. The molecule has 2 aliphatic rings. The van der Waals surface area contributed by atoms with E-state index >= 15 is 0 Å². The highest BCUT2D eigenvalue weighted by Gasteiger charge is 2.31. The van der Waals surface area contributed by atoms with E-state index in [0.717, 1.165) is 12.8 Å². The van der Waals surface area contributed by atoms with Gasteiger partial charge in [-0.2, -0.15) is 0 Å². The van der Waals surface area contributed by atoms with Crippen LogP contribution in [0.5, 0.6) is 0 Å². The topological polar surface area (TPSA) is 60.9 Å². The molecule has 2 rings (SSSR count). The average Bonchev–Trinajstić information content (AvgIpc) is 2.53. The van der Waals surface area contributed by atoms with E-state index < -0.39 is 0 Å². The minimum Gasteiger partial charge on any atom is -0.343 e. The maximum Gasteiger partial charge on any atom is 0.225 e. The molecule has 2 fully saturated rings. The van der Waals surface area contributed by atoms with Gasteiger partial charge in [0.25, 0.3) is 0 Å². The summed E-state index contributed by atoms with van der Waals surface area (Å²) in [5.41, 5.74) is 0. The van der Waals surface area contributed by atoms with Gasteiger partial charge in [0.1, 0.15) is 0 Å². The van der Waals surface area contributed by atoms with Crippen molar-refractivity contribution in [1.29, 1.82) is 0 Å². The predicted octanol–water partition coefficient (Wildman–Crippen LogP) is 0.326. The van der Waals surface area contributed by atoms with Gasteiger partial charge < -0.3 is 14.7 Å². The molecule has 2 saturated heterocycles. The number of piperidine rings is 1. The highest BCUT2D eigenvalue weighted by atomic mass is 16.2. The summed E-state index contributed by atoms with van der Waals surface area (Å²) in [6.45, 7) is 7.36. The van der Waals surface area contributed by atoms with Gasteiger partial charge >= 0.3 is 0 Å². The second-order valence-corrected chi connectivity index (χ2v) is 5.84. The Morgan fingerprint density at radius 2 is 1.38 bits per heavy atom. The van der Waals surface area contributed by atoms with Gasteiger partial charge in [-0.1, -0.05) is 6.92 Å². The lowest BCUT2D eigenvalue weighted by molar-refractivity contribution is -0.144. The van der Waals surface area contributed by atoms with E-state index in [2.05, 4.69) is 0 Å². The smallest absolute Gasteiger partial charge is 0.225 e. The van der Waals surface area contributed by atoms with Crippen molar-refractivity contribution in [3.05, 3.63) is 0 Å². The van der Waals surface area contributed by atoms with Crippen molar-refractivity contribution >= 4 is 17.7 Å². The standard InChI is InChI=1S/C15H25N3O3/c1-3-14(20)17-8-10-18(11-9-17)15(21)13-4-6-16(7-5-13)12(2)19/h13H,3-11H2,1-2H3. The second kappa shape index (κ2) is 6.91. The lowest BCUT2D eigenvalue weighted by atomic mass is 9.95. The molecule has 0 unspecified atom stereocenters. The molecule has 0 radical (unpaired) electrons. The molecule has 0 aromatic heterocycles. The van der Waals surface area contributed by atoms with E-state index in [4.69, 9.17) is 0 Å². The summed E-state index contributed by atoms with van der Waals surface area (Å²) < 4.78 is 0. The van der Waals surface area contributed by atoms with Crippen molar-refractivity contribution in [3.63, 3.8) is 0 Å². The first-order valence-electron chi connectivity index (χ1n) is 7.85. The Morgan fingerprint density at radius 1 is 0.857 bits per heavy atom. The molecule has 0 spiro atoms. The molecule has 0 saturated carbocycles. The van der Waals surface area contributed by atoms with Crippen LogP contribution in [0.2, 0.25) is 0 Å². The van der Waals surface area contributed by atoms with Crippen LogP contribution in [0.1, 0.15) is 33.1 Å². The molecule has 0 aromatic rings. The van der Waals surface area contributed by atoms with Crippen molar-refractivity contribution in [3.8, 4) is 0 Å². The highest BCUT2D eigenvalue weighted by Crippen LogP contribution is 2.20. The maximum atomic E-state index is 12.5. The van der Waals surface area contributed by atoms with Crippen LogP contribution < -0.4 is 0 Å². The Kier molecular flexibility index (Phi) is 5.20. The monoisotopic (exact) mass is 295 g/mol. The van der Waals surface area contributed by atoms with Crippen molar-refractivity contribution in [2.45, 2.75) is 33.1 Å². The van der Waals surface area contributed by atoms with Gasteiger partial charge in [-0.25, -0.2) is 0 Å². The zero-order chi connectivity index (χ0) is 15.4. The Morgan fingerprint density at radius 3 is 1.86 bits per heavy atom. The van der Waals surface area contributed by atoms with Crippen molar-refractivity contribution in [2.24, 2.45) is 5.92 Å². The van der Waals surface area contributed by atoms with Gasteiger partial charge in [-0.05, 0) is 12.8 Å². The Balaban J connectivity index is 1.80. The number of hydrogen-bond donors (Lipinski definition) is 0. The van der Waals surface area contributed by atoms with E-state index in [9.17, 15) is 14.4 Å². The number of piperazine rings is 1. The van der Waals surface area contributed by atoms with Crippen LogP contribution >= 0.6 is 0 Å². The molecule has 3 amide bonds. The molecular weight excluding hydrogens is 270 g/mol. The second-order valence-electron chi connectivity index (χ2n) is 5.84. The number of hydrogen-bond acceptors (Lipinski definition) is 3. The minimum atomic E-state index is 0.0361. The summed E-state index contributed by atoms with van der Waals surface area (Å²) in [5, 5.41) is 0. The van der Waals surface area contributed by atoms with Crippen molar-refractivity contribution in [2.75, 3.05) is 39.3 Å². The first-order chi connectivity index (χ1) is 10.0. The van der Waals surface area contributed by atoms with Gasteiger partial charge in [0, 0.05) is 58.5 Å². The zero-order valence-electron chi connectivity index (χ0n) is 13.0. The van der Waals surface area contributed by atoms with E-state index in [-0.39, 0.29) is 23.6 Å². The van der Waals surface area contributed by atoms with Crippen LogP contribution in [0.3, 0.4) is 0 Å². The summed E-state index contributed by atoms with van der Waals surface area (Å²) in [4.78, 5) is 40.9. The first kappa shape index (κ1) is 15.8. The maximum absolute atomic E-state index is 12.5. The SMILES string of the molecule is CCC(=O)N1CCN(C(=O)C2CCN(C(C)=O)CC2)CC1. The number of nitrogens with zero attached hydrogens (tertiary/aromatic N) is 3. The van der Waals surface area contributed by atoms with Crippen LogP contribution in [-0.2, 0) is 14.4 Å². The fourth-order valence-electron chi connectivity index (χ4n) is 3.10. The lowest BCUT2D eigenvalue weighted by Gasteiger charge is -2.38. The summed E-state index contributed by atoms with van der Waals surface area (Å²) >= 11 is 0. The van der Waals surface area contributed by atoms with Gasteiger partial charge in [0.15, 0.2) is 0 Å². The third-order valence-electron chi connectivity index (χ3n) is 4.54. The highest BCUT2D eigenvalue weighted by molar-refractivity contribution is 5.80. The molecule has 118 valence electrons. The van der Waals surface area contributed by atoms with Crippen LogP contribution in [0.25, 0.3) is 0 Å². The molecular formula is C15H25N3O3. The number of amides is 3. The quantitative estimate of drug-likeness (QED) is 0.737. The number of likely N-dealkylation sites (tertiary alicyclic amines) is 1. The van der Waals surface area contributed by atoms with E-state index in [1.807, 2.05) is 21.6 Å². The largest absolute Gasteiger partial charge is 0.343 e. The third-order valence-corrected chi connectivity index (χ3v) is 4.54. The van der Waals surface area contributed by atoms with Gasteiger partial charge in [0.05, 0.1) is 0 Å². The van der Waals surface area contributed by atoms with Crippen LogP contribution in [0.4, 0.5) is 0 Å². The summed E-state index contributed by atoms with van der Waals surface area (Å²) in [7, 11) is 0. The fourth-order valence-corrected chi connectivity index (χ4v) is 3.10. The Labute approximate surface area is 126 Å². The molecule has 0 atom stereocenters. The molecule has 0 aliphatic carbocycles. The lowest BCUT2D eigenvalue weighted by Crippen LogP contribution is -2.53. The molecule has 0 N–H and O–H groups in total. The molecule has 6 nitrogen and oxygen atoms in total. The summed E-state index contributed by atoms with van der Waals surface area (Å²) in [6.07, 6.45) is 2.04. The molecule has 2 aliphatic heterocycles.